The summed E-state index contributed by atoms with van der Waals surface area (Å²) < 4.78 is 7.31. The number of aromatic nitrogens is 3. The summed E-state index contributed by atoms with van der Waals surface area (Å²) in [6, 6.07) is 27.1. The molecule has 3 heterocycles. The van der Waals surface area contributed by atoms with Crippen LogP contribution in [0.25, 0.3) is 16.9 Å². The highest BCUT2D eigenvalue weighted by Crippen LogP contribution is 2.38. The highest BCUT2D eigenvalue weighted by molar-refractivity contribution is 6.03. The number of ketones is 1. The van der Waals surface area contributed by atoms with Gasteiger partial charge in [0, 0.05) is 29.2 Å². The Kier molecular flexibility index (Phi) is 9.59. The molecule has 5 aromatic rings. The van der Waals surface area contributed by atoms with E-state index in [9.17, 15) is 9.59 Å². The highest BCUT2D eigenvalue weighted by Gasteiger charge is 2.31. The molecule has 0 spiro atoms. The van der Waals surface area contributed by atoms with Crippen LogP contribution in [0.1, 0.15) is 78.9 Å². The maximum atomic E-state index is 14.0. The number of anilines is 2. The number of urea groups is 1. The second-order valence-electron chi connectivity index (χ2n) is 13.8. The van der Waals surface area contributed by atoms with E-state index >= 15 is 0 Å². The molecular formula is C39H44N6O3. The van der Waals surface area contributed by atoms with Crippen LogP contribution in [0.15, 0.2) is 89.5 Å². The van der Waals surface area contributed by atoms with E-state index in [1.165, 1.54) is 0 Å². The first-order valence-corrected chi connectivity index (χ1v) is 16.7. The van der Waals surface area contributed by atoms with Crippen LogP contribution in [0.4, 0.5) is 16.3 Å². The smallest absolute Gasteiger partial charge is 0.324 e. The van der Waals surface area contributed by atoms with Crippen LogP contribution in [0.5, 0.6) is 0 Å². The Hall–Kier alpha value is -5.02. The first kappa shape index (κ1) is 32.9. The van der Waals surface area contributed by atoms with Crippen molar-refractivity contribution in [1.29, 1.82) is 0 Å². The molecule has 0 aliphatic carbocycles. The largest absolute Gasteiger partial charge is 0.360 e. The Balaban J connectivity index is 1.24. The molecular weight excluding hydrogens is 600 g/mol. The molecule has 1 unspecified atom stereocenters. The molecule has 1 atom stereocenters. The zero-order valence-electron chi connectivity index (χ0n) is 28.3. The van der Waals surface area contributed by atoms with E-state index < -0.39 is 0 Å². The molecule has 0 saturated carbocycles. The predicted molar refractivity (Wildman–Crippen MR) is 190 cm³/mol. The SMILES string of the molecule is Cc1ccc(-n2nc(C(C)(C)C)cc2NC(=O)Nc2cccc(C(CC(=O)c3c(-c4ccccc4)noc3C)C3CCNCC3)c2)cc1. The molecule has 3 aromatic carbocycles. The van der Waals surface area contributed by atoms with Gasteiger partial charge in [0.15, 0.2) is 5.78 Å². The van der Waals surface area contributed by atoms with Crippen LogP contribution in [0.3, 0.4) is 0 Å². The van der Waals surface area contributed by atoms with Crippen molar-refractivity contribution in [2.24, 2.45) is 5.92 Å². The normalized spacial score (nSPS) is 14.4. The van der Waals surface area contributed by atoms with Crippen LogP contribution >= 0.6 is 0 Å². The van der Waals surface area contributed by atoms with E-state index in [4.69, 9.17) is 9.62 Å². The summed E-state index contributed by atoms with van der Waals surface area (Å²) in [5.74, 6) is 1.37. The van der Waals surface area contributed by atoms with Crippen LogP contribution in [0, 0.1) is 19.8 Å². The van der Waals surface area contributed by atoms with Crippen LogP contribution in [0.2, 0.25) is 0 Å². The summed E-state index contributed by atoms with van der Waals surface area (Å²) in [5, 5.41) is 18.6. The molecule has 3 N–H and O–H groups in total. The van der Waals surface area contributed by atoms with Gasteiger partial charge in [0.1, 0.15) is 17.3 Å². The number of hydrogen-bond donors (Lipinski definition) is 3. The second kappa shape index (κ2) is 14.0. The minimum atomic E-state index is -0.372. The minimum Gasteiger partial charge on any atom is -0.360 e. The fraction of sp³-hybridized carbons (Fsp3) is 0.333. The van der Waals surface area contributed by atoms with Gasteiger partial charge in [-0.3, -0.25) is 10.1 Å². The van der Waals surface area contributed by atoms with Crippen molar-refractivity contribution in [3.63, 3.8) is 0 Å². The van der Waals surface area contributed by atoms with E-state index in [0.717, 1.165) is 54.0 Å². The molecule has 2 amide bonds. The van der Waals surface area contributed by atoms with Crippen molar-refractivity contribution >= 4 is 23.3 Å². The van der Waals surface area contributed by atoms with Crippen molar-refractivity contribution in [3.8, 4) is 16.9 Å². The summed E-state index contributed by atoms with van der Waals surface area (Å²) in [5.41, 5.74) is 6.31. The van der Waals surface area contributed by atoms with Crippen molar-refractivity contribution in [3.05, 3.63) is 113 Å². The first-order valence-electron chi connectivity index (χ1n) is 16.7. The number of Topliss-reactive ketones (excluding diaryl/α,β-unsaturated/α-hetero) is 1. The Bertz CT molecular complexity index is 1880. The molecule has 0 bridgehead atoms. The minimum absolute atomic E-state index is 0.00580. The number of nitrogens with zero attached hydrogens (tertiary/aromatic N) is 3. The number of piperidine rings is 1. The number of carbonyl (C=O) groups is 2. The molecule has 9 nitrogen and oxygen atoms in total. The number of rotatable bonds is 9. The van der Waals surface area contributed by atoms with Gasteiger partial charge in [0.25, 0.3) is 0 Å². The van der Waals surface area contributed by atoms with Crippen molar-refractivity contribution in [2.75, 3.05) is 23.7 Å². The second-order valence-corrected chi connectivity index (χ2v) is 13.8. The topological polar surface area (TPSA) is 114 Å². The Morgan fingerprint density at radius 2 is 1.67 bits per heavy atom. The van der Waals surface area contributed by atoms with Gasteiger partial charge in [-0.05, 0) is 81.4 Å². The summed E-state index contributed by atoms with van der Waals surface area (Å²) in [6.45, 7) is 11.9. The van der Waals surface area contributed by atoms with Gasteiger partial charge in [-0.25, -0.2) is 9.48 Å². The van der Waals surface area contributed by atoms with Gasteiger partial charge < -0.3 is 15.2 Å². The molecule has 1 fully saturated rings. The molecule has 248 valence electrons. The summed E-state index contributed by atoms with van der Waals surface area (Å²) in [7, 11) is 0. The lowest BCUT2D eigenvalue weighted by atomic mass is 9.76. The van der Waals surface area contributed by atoms with Gasteiger partial charge in [-0.2, -0.15) is 5.10 Å². The number of carbonyl (C=O) groups excluding carboxylic acids is 2. The van der Waals surface area contributed by atoms with Crippen molar-refractivity contribution < 1.29 is 14.1 Å². The third-order valence-electron chi connectivity index (χ3n) is 9.12. The molecule has 9 heteroatoms. The lowest BCUT2D eigenvalue weighted by Gasteiger charge is -2.31. The summed E-state index contributed by atoms with van der Waals surface area (Å²) >= 11 is 0. The third kappa shape index (κ3) is 7.42. The maximum Gasteiger partial charge on any atom is 0.324 e. The Morgan fingerprint density at radius 1 is 0.938 bits per heavy atom. The van der Waals surface area contributed by atoms with E-state index in [-0.39, 0.29) is 23.1 Å². The molecule has 48 heavy (non-hydrogen) atoms. The molecule has 1 aliphatic rings. The molecule has 6 rings (SSSR count). The van der Waals surface area contributed by atoms with E-state index in [0.29, 0.717) is 40.9 Å². The van der Waals surface area contributed by atoms with Gasteiger partial charge >= 0.3 is 6.03 Å². The van der Waals surface area contributed by atoms with Gasteiger partial charge in [0.2, 0.25) is 0 Å². The quantitative estimate of drug-likeness (QED) is 0.139. The van der Waals surface area contributed by atoms with Crippen molar-refractivity contribution in [1.82, 2.24) is 20.3 Å². The average Bonchev–Trinajstić information content (AvgIpc) is 3.68. The molecule has 1 aliphatic heterocycles. The molecule has 2 aromatic heterocycles. The lowest BCUT2D eigenvalue weighted by Crippen LogP contribution is -2.31. The monoisotopic (exact) mass is 644 g/mol. The Morgan fingerprint density at radius 3 is 2.38 bits per heavy atom. The predicted octanol–water partition coefficient (Wildman–Crippen LogP) is 8.44. The zero-order valence-corrected chi connectivity index (χ0v) is 28.3. The summed E-state index contributed by atoms with van der Waals surface area (Å²) in [4.78, 5) is 27.5. The molecule has 1 saturated heterocycles. The van der Waals surface area contributed by atoms with Crippen LogP contribution in [-0.4, -0.2) is 39.8 Å². The van der Waals surface area contributed by atoms with E-state index in [2.05, 4.69) is 47.9 Å². The lowest BCUT2D eigenvalue weighted by molar-refractivity contribution is 0.0958. The number of nitrogens with one attached hydrogen (secondary N) is 3. The highest BCUT2D eigenvalue weighted by atomic mass is 16.5. The number of amides is 2. The fourth-order valence-electron chi connectivity index (χ4n) is 6.44. The van der Waals surface area contributed by atoms with Crippen molar-refractivity contribution in [2.45, 2.75) is 65.2 Å². The number of benzene rings is 3. The Labute approximate surface area is 282 Å². The van der Waals surface area contributed by atoms with E-state index in [1.54, 1.807) is 11.6 Å². The average molecular weight is 645 g/mol. The standard InChI is InChI=1S/C39H44N6O3/c1-25-14-16-31(17-15-25)45-35(24-34(43-45)39(3,4)5)42-38(47)41-30-13-9-12-29(22-30)32(27-18-20-40-21-19-27)23-33(46)36-26(2)48-44-37(36)28-10-7-6-8-11-28/h6-17,22,24,27,32,40H,18-21,23H2,1-5H3,(H2,41,42,47). The first-order chi connectivity index (χ1) is 23.1. The molecule has 0 radical (unpaired) electrons. The number of aryl methyl sites for hydroxylation is 2. The van der Waals surface area contributed by atoms with Crippen LogP contribution < -0.4 is 16.0 Å². The number of hydrogen-bond acceptors (Lipinski definition) is 6. The van der Waals surface area contributed by atoms with Gasteiger partial charge in [-0.1, -0.05) is 86.1 Å². The maximum absolute atomic E-state index is 14.0. The zero-order chi connectivity index (χ0) is 33.8. The van der Waals surface area contributed by atoms with Gasteiger partial charge in [-0.15, -0.1) is 0 Å². The van der Waals surface area contributed by atoms with Crippen LogP contribution in [-0.2, 0) is 5.41 Å². The fourth-order valence-corrected chi connectivity index (χ4v) is 6.44. The third-order valence-corrected chi connectivity index (χ3v) is 9.12. The van der Waals surface area contributed by atoms with Gasteiger partial charge in [0.05, 0.1) is 16.9 Å². The van der Waals surface area contributed by atoms with E-state index in [1.807, 2.05) is 85.8 Å². The summed E-state index contributed by atoms with van der Waals surface area (Å²) in [6.07, 6.45) is 2.24.